The molecule has 4 heteroatoms. The number of rotatable bonds is 3. The molecule has 0 amide bonds. The van der Waals surface area contributed by atoms with Crippen LogP contribution >= 0.6 is 0 Å². The normalized spacial score (nSPS) is 23.2. The third-order valence-corrected chi connectivity index (χ3v) is 2.95. The first kappa shape index (κ1) is 10.6. The van der Waals surface area contributed by atoms with Gasteiger partial charge in [0.1, 0.15) is 5.76 Å². The van der Waals surface area contributed by atoms with E-state index in [4.69, 9.17) is 4.42 Å². The largest absolute Gasteiger partial charge is 0.445 e. The minimum Gasteiger partial charge on any atom is -0.445 e. The van der Waals surface area contributed by atoms with E-state index in [9.17, 15) is 0 Å². The Kier molecular flexibility index (Phi) is 3.38. The van der Waals surface area contributed by atoms with Gasteiger partial charge in [0, 0.05) is 25.7 Å². The van der Waals surface area contributed by atoms with Crippen molar-refractivity contribution >= 4 is 0 Å². The minimum atomic E-state index is 0.617. The topological polar surface area (TPSA) is 41.3 Å². The smallest absolute Gasteiger partial charge is 0.208 e. The van der Waals surface area contributed by atoms with Crippen molar-refractivity contribution in [3.63, 3.8) is 0 Å². The monoisotopic (exact) mass is 209 g/mol. The number of nitrogens with one attached hydrogen (secondary N) is 1. The number of aryl methyl sites for hydroxylation is 1. The molecule has 2 rings (SSSR count). The fraction of sp³-hybridized carbons (Fsp3) is 0.727. The predicted octanol–water partition coefficient (Wildman–Crippen LogP) is 1.17. The van der Waals surface area contributed by atoms with E-state index >= 15 is 0 Å². The van der Waals surface area contributed by atoms with E-state index < -0.39 is 0 Å². The highest BCUT2D eigenvalue weighted by molar-refractivity contribution is 4.92. The third-order valence-electron chi connectivity index (χ3n) is 2.95. The van der Waals surface area contributed by atoms with Crippen LogP contribution in [-0.2, 0) is 6.54 Å². The van der Waals surface area contributed by atoms with Gasteiger partial charge in [0.2, 0.25) is 5.89 Å². The summed E-state index contributed by atoms with van der Waals surface area (Å²) in [5.41, 5.74) is 0. The number of hydrogen-bond acceptors (Lipinski definition) is 4. The summed E-state index contributed by atoms with van der Waals surface area (Å²) < 4.78 is 5.51. The lowest BCUT2D eigenvalue weighted by molar-refractivity contribution is 0.135. The fourth-order valence-corrected chi connectivity index (χ4v) is 2.06. The maximum Gasteiger partial charge on any atom is 0.208 e. The van der Waals surface area contributed by atoms with Gasteiger partial charge in [-0.05, 0) is 13.3 Å². The molecule has 0 saturated carbocycles. The zero-order chi connectivity index (χ0) is 10.7. The summed E-state index contributed by atoms with van der Waals surface area (Å²) in [5, 5.41) is 3.41. The first-order chi connectivity index (χ1) is 7.29. The summed E-state index contributed by atoms with van der Waals surface area (Å²) in [6.07, 6.45) is 2.96. The fourth-order valence-electron chi connectivity index (χ4n) is 2.06. The van der Waals surface area contributed by atoms with E-state index in [0.717, 1.165) is 37.8 Å². The number of nitrogens with zero attached hydrogens (tertiary/aromatic N) is 2. The van der Waals surface area contributed by atoms with Gasteiger partial charge in [0.15, 0.2) is 0 Å². The van der Waals surface area contributed by atoms with Gasteiger partial charge in [-0.15, -0.1) is 0 Å². The molecule has 1 atom stereocenters. The van der Waals surface area contributed by atoms with E-state index in [0.29, 0.717) is 6.04 Å². The number of piperazine rings is 1. The molecule has 1 saturated heterocycles. The maximum atomic E-state index is 5.51. The van der Waals surface area contributed by atoms with Gasteiger partial charge < -0.3 is 9.73 Å². The molecule has 2 heterocycles. The lowest BCUT2D eigenvalue weighted by atomic mass is 10.1. The molecule has 1 aliphatic rings. The van der Waals surface area contributed by atoms with Crippen molar-refractivity contribution in [3.05, 3.63) is 17.8 Å². The van der Waals surface area contributed by atoms with Crippen LogP contribution < -0.4 is 5.32 Å². The molecule has 1 fully saturated rings. The molecular formula is C11H19N3O. The van der Waals surface area contributed by atoms with E-state index in [-0.39, 0.29) is 0 Å². The van der Waals surface area contributed by atoms with Gasteiger partial charge in [-0.1, -0.05) is 6.92 Å². The molecule has 0 aromatic carbocycles. The van der Waals surface area contributed by atoms with Crippen LogP contribution in [0.2, 0.25) is 0 Å². The molecule has 4 nitrogen and oxygen atoms in total. The van der Waals surface area contributed by atoms with Gasteiger partial charge >= 0.3 is 0 Å². The van der Waals surface area contributed by atoms with Gasteiger partial charge in [0.05, 0.1) is 12.7 Å². The highest BCUT2D eigenvalue weighted by Gasteiger charge is 2.21. The van der Waals surface area contributed by atoms with Crippen molar-refractivity contribution in [2.24, 2.45) is 0 Å². The van der Waals surface area contributed by atoms with Gasteiger partial charge in [-0.25, -0.2) is 4.98 Å². The first-order valence-electron chi connectivity index (χ1n) is 5.65. The average Bonchev–Trinajstić information content (AvgIpc) is 2.65. The standard InChI is InChI=1S/C11H19N3O/c1-3-10-7-12-4-5-14(10)8-11-13-6-9(2)15-11/h6,10,12H,3-5,7-8H2,1-2H3. The molecule has 1 aliphatic heterocycles. The molecule has 1 aromatic heterocycles. The van der Waals surface area contributed by atoms with Crippen LogP contribution in [0.1, 0.15) is 25.0 Å². The first-order valence-corrected chi connectivity index (χ1v) is 5.65. The molecule has 1 unspecified atom stereocenters. The molecule has 0 bridgehead atoms. The maximum absolute atomic E-state index is 5.51. The Morgan fingerprint density at radius 1 is 1.67 bits per heavy atom. The van der Waals surface area contributed by atoms with Crippen LogP contribution in [0.15, 0.2) is 10.6 Å². The van der Waals surface area contributed by atoms with Crippen molar-refractivity contribution in [1.29, 1.82) is 0 Å². The highest BCUT2D eigenvalue weighted by atomic mass is 16.4. The van der Waals surface area contributed by atoms with Crippen LogP contribution in [0.3, 0.4) is 0 Å². The van der Waals surface area contributed by atoms with E-state index in [1.807, 2.05) is 6.92 Å². The van der Waals surface area contributed by atoms with Gasteiger partial charge in [0.25, 0.3) is 0 Å². The number of hydrogen-bond donors (Lipinski definition) is 1. The summed E-state index contributed by atoms with van der Waals surface area (Å²) >= 11 is 0. The molecule has 0 aliphatic carbocycles. The van der Waals surface area contributed by atoms with Crippen molar-refractivity contribution < 1.29 is 4.42 Å². The molecule has 84 valence electrons. The zero-order valence-electron chi connectivity index (χ0n) is 9.49. The Morgan fingerprint density at radius 3 is 3.20 bits per heavy atom. The Balaban J connectivity index is 1.97. The molecular weight excluding hydrogens is 190 g/mol. The van der Waals surface area contributed by atoms with Crippen LogP contribution in [0.25, 0.3) is 0 Å². The Bertz CT molecular complexity index is 311. The summed E-state index contributed by atoms with van der Waals surface area (Å²) in [6.45, 7) is 8.23. The summed E-state index contributed by atoms with van der Waals surface area (Å²) in [4.78, 5) is 6.70. The summed E-state index contributed by atoms with van der Waals surface area (Å²) in [6, 6.07) is 0.617. The quantitative estimate of drug-likeness (QED) is 0.811. The second-order valence-corrected chi connectivity index (χ2v) is 4.10. The lowest BCUT2D eigenvalue weighted by Crippen LogP contribution is -2.50. The van der Waals surface area contributed by atoms with Crippen LogP contribution in [-0.4, -0.2) is 35.6 Å². The second-order valence-electron chi connectivity index (χ2n) is 4.10. The third kappa shape index (κ3) is 2.58. The number of oxazole rings is 1. The molecule has 0 spiro atoms. The van der Waals surface area contributed by atoms with Crippen LogP contribution in [0, 0.1) is 6.92 Å². The zero-order valence-corrected chi connectivity index (χ0v) is 9.49. The Hall–Kier alpha value is -0.870. The Morgan fingerprint density at radius 2 is 2.53 bits per heavy atom. The summed E-state index contributed by atoms with van der Waals surface area (Å²) in [7, 11) is 0. The average molecular weight is 209 g/mol. The highest BCUT2D eigenvalue weighted by Crippen LogP contribution is 2.12. The SMILES string of the molecule is CCC1CNCCN1Cc1ncc(C)o1. The van der Waals surface area contributed by atoms with Crippen molar-refractivity contribution in [2.75, 3.05) is 19.6 Å². The van der Waals surface area contributed by atoms with Crippen LogP contribution in [0.5, 0.6) is 0 Å². The van der Waals surface area contributed by atoms with Gasteiger partial charge in [-0.2, -0.15) is 0 Å². The molecule has 1 N–H and O–H groups in total. The van der Waals surface area contributed by atoms with Gasteiger partial charge in [-0.3, -0.25) is 4.90 Å². The molecule has 1 aromatic rings. The number of aromatic nitrogens is 1. The molecule has 15 heavy (non-hydrogen) atoms. The van der Waals surface area contributed by atoms with E-state index in [1.165, 1.54) is 6.42 Å². The van der Waals surface area contributed by atoms with E-state index in [2.05, 4.69) is 22.1 Å². The predicted molar refractivity (Wildman–Crippen MR) is 58.6 cm³/mol. The van der Waals surface area contributed by atoms with Crippen molar-refractivity contribution in [3.8, 4) is 0 Å². The van der Waals surface area contributed by atoms with Crippen molar-refractivity contribution in [1.82, 2.24) is 15.2 Å². The molecule has 0 radical (unpaired) electrons. The Labute approximate surface area is 90.7 Å². The lowest BCUT2D eigenvalue weighted by Gasteiger charge is -2.34. The minimum absolute atomic E-state index is 0.617. The van der Waals surface area contributed by atoms with Crippen molar-refractivity contribution in [2.45, 2.75) is 32.9 Å². The van der Waals surface area contributed by atoms with Crippen LogP contribution in [0.4, 0.5) is 0 Å². The second kappa shape index (κ2) is 4.77. The van der Waals surface area contributed by atoms with E-state index in [1.54, 1.807) is 6.20 Å². The summed E-state index contributed by atoms with van der Waals surface area (Å²) in [5.74, 6) is 1.74.